The van der Waals surface area contributed by atoms with E-state index in [2.05, 4.69) is 12.1 Å². The van der Waals surface area contributed by atoms with Gasteiger partial charge in [0.2, 0.25) is 0 Å². The summed E-state index contributed by atoms with van der Waals surface area (Å²) in [5, 5.41) is 1.06. The SMILES string of the molecule is Nc1ccc2occ(-c3ccccc3)c2c1. The molecule has 0 fully saturated rings. The van der Waals surface area contributed by atoms with Crippen LogP contribution in [0.2, 0.25) is 0 Å². The van der Waals surface area contributed by atoms with E-state index in [9.17, 15) is 0 Å². The molecule has 3 aromatic rings. The molecule has 1 aromatic heterocycles. The molecule has 0 saturated carbocycles. The Morgan fingerprint density at radius 1 is 0.938 bits per heavy atom. The largest absolute Gasteiger partial charge is 0.464 e. The zero-order valence-corrected chi connectivity index (χ0v) is 8.68. The Labute approximate surface area is 93.3 Å². The number of rotatable bonds is 1. The minimum atomic E-state index is 0.756. The molecule has 2 aromatic carbocycles. The number of nitrogens with two attached hydrogens (primary N) is 1. The first-order valence-electron chi connectivity index (χ1n) is 5.17. The van der Waals surface area contributed by atoms with Crippen molar-refractivity contribution in [1.29, 1.82) is 0 Å². The lowest BCUT2D eigenvalue weighted by molar-refractivity contribution is 0.617. The molecule has 3 rings (SSSR count). The first-order chi connectivity index (χ1) is 7.84. The van der Waals surface area contributed by atoms with E-state index in [1.54, 1.807) is 6.26 Å². The van der Waals surface area contributed by atoms with Gasteiger partial charge in [0.25, 0.3) is 0 Å². The molecule has 0 unspecified atom stereocenters. The molecule has 16 heavy (non-hydrogen) atoms. The lowest BCUT2D eigenvalue weighted by Gasteiger charge is -1.98. The quantitative estimate of drug-likeness (QED) is 0.621. The fraction of sp³-hybridized carbons (Fsp3) is 0. The van der Waals surface area contributed by atoms with Crippen LogP contribution in [0.5, 0.6) is 0 Å². The Morgan fingerprint density at radius 3 is 2.56 bits per heavy atom. The third-order valence-electron chi connectivity index (χ3n) is 2.68. The summed E-state index contributed by atoms with van der Waals surface area (Å²) >= 11 is 0. The van der Waals surface area contributed by atoms with Gasteiger partial charge in [0, 0.05) is 16.6 Å². The molecule has 0 radical (unpaired) electrons. The van der Waals surface area contributed by atoms with Gasteiger partial charge in [-0.25, -0.2) is 0 Å². The predicted molar refractivity (Wildman–Crippen MR) is 66.1 cm³/mol. The first kappa shape index (κ1) is 9.04. The zero-order valence-electron chi connectivity index (χ0n) is 8.68. The van der Waals surface area contributed by atoms with Crippen LogP contribution in [0.25, 0.3) is 22.1 Å². The molecule has 2 nitrogen and oxygen atoms in total. The van der Waals surface area contributed by atoms with E-state index in [0.717, 1.165) is 27.8 Å². The lowest BCUT2D eigenvalue weighted by Crippen LogP contribution is -1.82. The van der Waals surface area contributed by atoms with Crippen molar-refractivity contribution >= 4 is 16.7 Å². The second kappa shape index (κ2) is 3.42. The van der Waals surface area contributed by atoms with E-state index in [-0.39, 0.29) is 0 Å². The molecule has 0 aliphatic rings. The van der Waals surface area contributed by atoms with Gasteiger partial charge in [-0.05, 0) is 23.8 Å². The summed E-state index contributed by atoms with van der Waals surface area (Å²) in [7, 11) is 0. The normalized spacial score (nSPS) is 10.8. The van der Waals surface area contributed by atoms with Crippen molar-refractivity contribution in [2.75, 3.05) is 5.73 Å². The average molecular weight is 209 g/mol. The van der Waals surface area contributed by atoms with Crippen LogP contribution in [-0.2, 0) is 0 Å². The van der Waals surface area contributed by atoms with Crippen LogP contribution in [0, 0.1) is 0 Å². The summed E-state index contributed by atoms with van der Waals surface area (Å²) < 4.78 is 5.50. The molecule has 0 amide bonds. The van der Waals surface area contributed by atoms with Crippen molar-refractivity contribution in [3.63, 3.8) is 0 Å². The van der Waals surface area contributed by atoms with Crippen LogP contribution in [0.4, 0.5) is 5.69 Å². The van der Waals surface area contributed by atoms with E-state index in [4.69, 9.17) is 10.2 Å². The van der Waals surface area contributed by atoms with Gasteiger partial charge >= 0.3 is 0 Å². The van der Waals surface area contributed by atoms with Crippen LogP contribution in [0.3, 0.4) is 0 Å². The van der Waals surface area contributed by atoms with E-state index in [0.29, 0.717) is 0 Å². The van der Waals surface area contributed by atoms with Gasteiger partial charge in [-0.2, -0.15) is 0 Å². The highest BCUT2D eigenvalue weighted by atomic mass is 16.3. The number of fused-ring (bicyclic) bond motifs is 1. The van der Waals surface area contributed by atoms with Gasteiger partial charge in [-0.1, -0.05) is 30.3 Å². The molecule has 1 heterocycles. The minimum absolute atomic E-state index is 0.756. The molecule has 78 valence electrons. The second-order valence-electron chi connectivity index (χ2n) is 3.77. The van der Waals surface area contributed by atoms with Gasteiger partial charge in [0.05, 0.1) is 6.26 Å². The van der Waals surface area contributed by atoms with Crippen LogP contribution in [-0.4, -0.2) is 0 Å². The van der Waals surface area contributed by atoms with Crippen molar-refractivity contribution in [1.82, 2.24) is 0 Å². The number of hydrogen-bond donors (Lipinski definition) is 1. The van der Waals surface area contributed by atoms with Crippen LogP contribution >= 0.6 is 0 Å². The minimum Gasteiger partial charge on any atom is -0.464 e. The number of furan rings is 1. The van der Waals surface area contributed by atoms with Crippen molar-refractivity contribution in [3.8, 4) is 11.1 Å². The van der Waals surface area contributed by atoms with E-state index in [1.807, 2.05) is 36.4 Å². The Morgan fingerprint density at radius 2 is 1.75 bits per heavy atom. The predicted octanol–water partition coefficient (Wildman–Crippen LogP) is 3.68. The smallest absolute Gasteiger partial charge is 0.134 e. The number of anilines is 1. The van der Waals surface area contributed by atoms with Crippen LogP contribution in [0.1, 0.15) is 0 Å². The lowest BCUT2D eigenvalue weighted by atomic mass is 10.0. The van der Waals surface area contributed by atoms with Gasteiger partial charge in [0.15, 0.2) is 0 Å². The topological polar surface area (TPSA) is 39.2 Å². The maximum atomic E-state index is 5.79. The summed E-state index contributed by atoms with van der Waals surface area (Å²) in [6, 6.07) is 15.8. The van der Waals surface area contributed by atoms with E-state index < -0.39 is 0 Å². The molecule has 2 N–H and O–H groups in total. The first-order valence-corrected chi connectivity index (χ1v) is 5.17. The molecule has 0 aliphatic carbocycles. The number of hydrogen-bond acceptors (Lipinski definition) is 2. The Balaban J connectivity index is 2.29. The maximum Gasteiger partial charge on any atom is 0.134 e. The van der Waals surface area contributed by atoms with Gasteiger partial charge in [0.1, 0.15) is 5.58 Å². The Bertz CT molecular complexity index is 626. The molecule has 0 spiro atoms. The highest BCUT2D eigenvalue weighted by Crippen LogP contribution is 2.31. The molecule has 0 bridgehead atoms. The highest BCUT2D eigenvalue weighted by Gasteiger charge is 2.07. The average Bonchev–Trinajstić information content (AvgIpc) is 2.73. The highest BCUT2D eigenvalue weighted by molar-refractivity contribution is 5.95. The standard InChI is InChI=1S/C14H11NO/c15-11-6-7-14-12(8-11)13(9-16-14)10-4-2-1-3-5-10/h1-9H,15H2. The van der Waals surface area contributed by atoms with E-state index >= 15 is 0 Å². The van der Waals surface area contributed by atoms with Crippen LogP contribution in [0.15, 0.2) is 59.2 Å². The van der Waals surface area contributed by atoms with Crippen molar-refractivity contribution in [3.05, 3.63) is 54.8 Å². The Kier molecular flexibility index (Phi) is 1.93. The van der Waals surface area contributed by atoms with Gasteiger partial charge < -0.3 is 10.2 Å². The van der Waals surface area contributed by atoms with Gasteiger partial charge in [-0.3, -0.25) is 0 Å². The number of nitrogen functional groups attached to an aromatic ring is 1. The number of benzene rings is 2. The molecule has 2 heteroatoms. The van der Waals surface area contributed by atoms with Crippen molar-refractivity contribution in [2.45, 2.75) is 0 Å². The summed E-state index contributed by atoms with van der Waals surface area (Å²) in [6.07, 6.45) is 1.78. The second-order valence-corrected chi connectivity index (χ2v) is 3.77. The Hall–Kier alpha value is -2.22. The monoisotopic (exact) mass is 209 g/mol. The van der Waals surface area contributed by atoms with E-state index in [1.165, 1.54) is 0 Å². The summed E-state index contributed by atoms with van der Waals surface area (Å²) in [6.45, 7) is 0. The fourth-order valence-electron chi connectivity index (χ4n) is 1.89. The summed E-state index contributed by atoms with van der Waals surface area (Å²) in [5.41, 5.74) is 9.64. The summed E-state index contributed by atoms with van der Waals surface area (Å²) in [5.74, 6) is 0. The molecular formula is C14H11NO. The molecule has 0 aliphatic heterocycles. The summed E-state index contributed by atoms with van der Waals surface area (Å²) in [4.78, 5) is 0. The molecule has 0 saturated heterocycles. The maximum absolute atomic E-state index is 5.79. The van der Waals surface area contributed by atoms with Crippen molar-refractivity contribution < 1.29 is 4.42 Å². The third-order valence-corrected chi connectivity index (χ3v) is 2.68. The molecule has 0 atom stereocenters. The zero-order chi connectivity index (χ0) is 11.0. The van der Waals surface area contributed by atoms with Gasteiger partial charge in [-0.15, -0.1) is 0 Å². The van der Waals surface area contributed by atoms with Crippen molar-refractivity contribution in [2.24, 2.45) is 0 Å². The fourth-order valence-corrected chi connectivity index (χ4v) is 1.89. The molecular weight excluding hydrogens is 198 g/mol. The third kappa shape index (κ3) is 1.36. The van der Waals surface area contributed by atoms with Crippen LogP contribution < -0.4 is 5.73 Å².